The molecule has 2 saturated heterocycles. The van der Waals surface area contributed by atoms with Crippen LogP contribution in [0, 0.1) is 17.8 Å². The first-order chi connectivity index (χ1) is 27.3. The highest BCUT2D eigenvalue weighted by atomic mass is 16.6. The average molecular weight is 760 g/mol. The Hall–Kier alpha value is -6.04. The highest BCUT2D eigenvalue weighted by Crippen LogP contribution is 2.65. The van der Waals surface area contributed by atoms with Crippen LogP contribution in [0.15, 0.2) is 103 Å². The maximum Gasteiger partial charge on any atom is 0.421 e. The van der Waals surface area contributed by atoms with Crippen molar-refractivity contribution in [3.8, 4) is 17.6 Å². The van der Waals surface area contributed by atoms with Gasteiger partial charge in [0.05, 0.1) is 43.5 Å². The van der Waals surface area contributed by atoms with Crippen LogP contribution in [0.2, 0.25) is 0 Å². The molecule has 13 nitrogen and oxygen atoms in total. The molecule has 0 aliphatic carbocycles. The van der Waals surface area contributed by atoms with Gasteiger partial charge in [-0.2, -0.15) is 0 Å². The lowest BCUT2D eigenvalue weighted by Gasteiger charge is -2.46. The molecule has 3 aliphatic heterocycles. The number of ether oxygens (including phenoxy) is 4. The normalized spacial score (nSPS) is 23.8. The lowest BCUT2D eigenvalue weighted by Crippen LogP contribution is -2.55. The van der Waals surface area contributed by atoms with Gasteiger partial charge in [0.25, 0.3) is 0 Å². The second-order valence-corrected chi connectivity index (χ2v) is 13.6. The number of hydrogen-bond donors (Lipinski definition) is 3. The van der Waals surface area contributed by atoms with Crippen LogP contribution in [0.25, 0.3) is 0 Å². The van der Waals surface area contributed by atoms with E-state index in [0.29, 0.717) is 22.4 Å². The Balaban J connectivity index is 1.56. The largest absolute Gasteiger partial charge is 0.491 e. The van der Waals surface area contributed by atoms with Crippen molar-refractivity contribution in [1.82, 2.24) is 4.90 Å². The number of aliphatic hydroxyl groups excluding tert-OH is 2. The Morgan fingerprint density at radius 3 is 2.23 bits per heavy atom. The standard InChI is InChI=1S/C43H41N3O10/c1-53-23-24-55-42(52)45-33-19-18-27(11-8-9-20-47)25-32(33)43(41(45)51)34(39(44)49)36-40(50)56-37(29-14-6-3-7-15-29)35(28-12-4-2-5-13-28)46(36)38(43)30-16-10-17-31(26-30)54-22-21-48/h2-7,10,12-19,25-26,34-38,47-48H,9,20-24H2,1H3,(H2,44,49)/t34-,35-,36-,37+,38+,43-/m0/s1. The second kappa shape index (κ2) is 16.4. The van der Waals surface area contributed by atoms with Gasteiger partial charge >= 0.3 is 12.1 Å². The number of morpholine rings is 1. The molecule has 3 heterocycles. The monoisotopic (exact) mass is 759 g/mol. The van der Waals surface area contributed by atoms with Crippen molar-refractivity contribution in [3.63, 3.8) is 0 Å². The lowest BCUT2D eigenvalue weighted by molar-refractivity contribution is -0.178. The van der Waals surface area contributed by atoms with Crippen molar-refractivity contribution in [2.75, 3.05) is 45.0 Å². The molecule has 6 atom stereocenters. The second-order valence-electron chi connectivity index (χ2n) is 13.6. The minimum absolute atomic E-state index is 0.0245. The summed E-state index contributed by atoms with van der Waals surface area (Å²) in [7, 11) is 1.44. The Labute approximate surface area is 323 Å². The summed E-state index contributed by atoms with van der Waals surface area (Å²) in [6, 6.07) is 26.8. The van der Waals surface area contributed by atoms with Gasteiger partial charge in [-0.15, -0.1) is 0 Å². The van der Waals surface area contributed by atoms with Gasteiger partial charge in [-0.3, -0.25) is 19.3 Å². The number of imide groups is 1. The first-order valence-electron chi connectivity index (χ1n) is 18.2. The van der Waals surface area contributed by atoms with Crippen molar-refractivity contribution in [3.05, 3.63) is 131 Å². The van der Waals surface area contributed by atoms with E-state index in [9.17, 15) is 24.6 Å². The molecule has 13 heteroatoms. The molecule has 0 radical (unpaired) electrons. The highest BCUT2D eigenvalue weighted by molar-refractivity contribution is 6.23. The van der Waals surface area contributed by atoms with Crippen molar-refractivity contribution in [2.45, 2.75) is 36.1 Å². The fraction of sp³-hybridized carbons (Fsp3) is 0.302. The Kier molecular flexibility index (Phi) is 11.2. The Morgan fingerprint density at radius 1 is 0.839 bits per heavy atom. The zero-order valence-electron chi connectivity index (χ0n) is 30.6. The smallest absolute Gasteiger partial charge is 0.421 e. The van der Waals surface area contributed by atoms with Crippen molar-refractivity contribution in [2.24, 2.45) is 11.7 Å². The maximum atomic E-state index is 15.7. The number of fused-ring (bicyclic) bond motifs is 3. The van der Waals surface area contributed by atoms with E-state index in [4.69, 9.17) is 24.7 Å². The molecule has 288 valence electrons. The van der Waals surface area contributed by atoms with E-state index in [1.807, 2.05) is 65.6 Å². The van der Waals surface area contributed by atoms with E-state index in [-0.39, 0.29) is 50.7 Å². The number of aliphatic hydroxyl groups is 2. The van der Waals surface area contributed by atoms with Crippen molar-refractivity contribution < 1.29 is 48.3 Å². The van der Waals surface area contributed by atoms with Crippen LogP contribution in [0.4, 0.5) is 10.5 Å². The third-order valence-corrected chi connectivity index (χ3v) is 10.5. The number of amides is 3. The van der Waals surface area contributed by atoms with E-state index in [2.05, 4.69) is 11.8 Å². The minimum Gasteiger partial charge on any atom is -0.491 e. The first kappa shape index (κ1) is 38.2. The highest BCUT2D eigenvalue weighted by Gasteiger charge is 2.75. The van der Waals surface area contributed by atoms with Crippen LogP contribution in [0.1, 0.15) is 52.4 Å². The number of carbonyl (C=O) groups is 4. The number of nitrogens with two attached hydrogens (primary N) is 1. The number of esters is 1. The number of hydrogen-bond acceptors (Lipinski definition) is 11. The number of cyclic esters (lactones) is 1. The van der Waals surface area contributed by atoms with Crippen LogP contribution < -0.4 is 15.4 Å². The predicted octanol–water partition coefficient (Wildman–Crippen LogP) is 3.73. The fourth-order valence-electron chi connectivity index (χ4n) is 8.43. The fourth-order valence-corrected chi connectivity index (χ4v) is 8.43. The molecule has 2 fully saturated rings. The maximum absolute atomic E-state index is 15.7. The number of rotatable bonds is 11. The molecule has 56 heavy (non-hydrogen) atoms. The zero-order chi connectivity index (χ0) is 39.4. The van der Waals surface area contributed by atoms with E-state index in [0.717, 1.165) is 10.5 Å². The molecule has 4 aromatic rings. The number of anilines is 1. The van der Waals surface area contributed by atoms with Crippen molar-refractivity contribution in [1.29, 1.82) is 0 Å². The number of primary amides is 1. The van der Waals surface area contributed by atoms with Crippen LogP contribution in [-0.4, -0.2) is 85.2 Å². The Morgan fingerprint density at radius 2 is 1.55 bits per heavy atom. The average Bonchev–Trinajstić information content (AvgIpc) is 3.67. The van der Waals surface area contributed by atoms with Crippen LogP contribution >= 0.6 is 0 Å². The van der Waals surface area contributed by atoms with Crippen molar-refractivity contribution >= 4 is 29.6 Å². The summed E-state index contributed by atoms with van der Waals surface area (Å²) in [5, 5.41) is 19.0. The summed E-state index contributed by atoms with van der Waals surface area (Å²) in [4.78, 5) is 61.4. The third-order valence-electron chi connectivity index (χ3n) is 10.5. The molecule has 0 saturated carbocycles. The van der Waals surface area contributed by atoms with Crippen LogP contribution in [-0.2, 0) is 34.0 Å². The molecule has 1 spiro atoms. The summed E-state index contributed by atoms with van der Waals surface area (Å²) in [6.45, 7) is -0.579. The summed E-state index contributed by atoms with van der Waals surface area (Å²) in [5.41, 5.74) is 6.96. The van der Waals surface area contributed by atoms with Gasteiger partial charge in [-0.25, -0.2) is 9.69 Å². The van der Waals surface area contributed by atoms with E-state index < -0.39 is 59.4 Å². The summed E-state index contributed by atoms with van der Waals surface area (Å²) in [5.74, 6) is 2.09. The van der Waals surface area contributed by atoms with Gasteiger partial charge in [0.15, 0.2) is 0 Å². The minimum atomic E-state index is -2.05. The number of carbonyl (C=O) groups excluding carboxylic acids is 4. The number of benzene rings is 4. The molecular weight excluding hydrogens is 718 g/mol. The molecule has 7 rings (SSSR count). The SMILES string of the molecule is COCCOC(=O)N1C(=O)[C@@]2(c3cc(C#CCCO)ccc31)[C@H](C(N)=O)[C@H]1C(=O)O[C@H](c3ccccc3)[C@H](c3ccccc3)N1[C@@H]2c1cccc(OCCO)c1. The van der Waals surface area contributed by atoms with Gasteiger partial charge in [0.1, 0.15) is 36.5 Å². The van der Waals surface area contributed by atoms with E-state index in [1.165, 1.54) is 7.11 Å². The quantitative estimate of drug-likeness (QED) is 0.115. The van der Waals surface area contributed by atoms with Crippen LogP contribution in [0.5, 0.6) is 5.75 Å². The molecule has 0 bridgehead atoms. The summed E-state index contributed by atoms with van der Waals surface area (Å²) in [6.07, 6.45) is -1.75. The van der Waals surface area contributed by atoms with Gasteiger partial charge in [0.2, 0.25) is 11.8 Å². The molecule has 3 aliphatic rings. The van der Waals surface area contributed by atoms with Gasteiger partial charge in [-0.05, 0) is 52.6 Å². The molecule has 0 aromatic heterocycles. The topological polar surface area (TPSA) is 178 Å². The zero-order valence-corrected chi connectivity index (χ0v) is 30.6. The summed E-state index contributed by atoms with van der Waals surface area (Å²) >= 11 is 0. The summed E-state index contributed by atoms with van der Waals surface area (Å²) < 4.78 is 22.8. The lowest BCUT2D eigenvalue weighted by atomic mass is 9.65. The van der Waals surface area contributed by atoms with E-state index >= 15 is 4.79 Å². The van der Waals surface area contributed by atoms with E-state index in [1.54, 1.807) is 42.5 Å². The molecule has 4 aromatic carbocycles. The third kappa shape index (κ3) is 6.56. The van der Waals surface area contributed by atoms with Gasteiger partial charge in [0, 0.05) is 19.1 Å². The molecule has 0 unspecified atom stereocenters. The molecule has 3 amide bonds. The Bertz CT molecular complexity index is 2170. The predicted molar refractivity (Wildman–Crippen MR) is 202 cm³/mol. The molecule has 4 N–H and O–H groups in total. The number of nitrogens with zero attached hydrogens (tertiary/aromatic N) is 2. The van der Waals surface area contributed by atoms with Gasteiger partial charge in [-0.1, -0.05) is 84.6 Å². The first-order valence-corrected chi connectivity index (χ1v) is 18.2. The number of methoxy groups -OCH3 is 1. The van der Waals surface area contributed by atoms with Gasteiger partial charge < -0.3 is 34.9 Å². The molecular formula is C43H41N3O10. The van der Waals surface area contributed by atoms with Crippen LogP contribution in [0.3, 0.4) is 0 Å².